The minimum Gasteiger partial charge on any atom is -0.480 e. The number of carbonyl (C=O) groups excluding carboxylic acids is 1. The predicted octanol–water partition coefficient (Wildman–Crippen LogP) is 1.63. The molecule has 0 saturated carbocycles. The number of thioether (sulfide) groups is 1. The number of carboxylic acid groups (broad SMARTS) is 1. The summed E-state index contributed by atoms with van der Waals surface area (Å²) < 4.78 is 0. The average molecular weight is 262 g/mol. The molecule has 6 heteroatoms. The van der Waals surface area contributed by atoms with E-state index in [1.54, 1.807) is 0 Å². The number of urea groups is 1. The Morgan fingerprint density at radius 2 is 2.00 bits per heavy atom. The molecule has 0 aromatic rings. The summed E-state index contributed by atoms with van der Waals surface area (Å²) in [5.41, 5.74) is 0. The highest BCUT2D eigenvalue weighted by Crippen LogP contribution is 2.04. The number of likely N-dealkylation sites (N-methyl/N-ethyl adjacent to an activating group) is 1. The Morgan fingerprint density at radius 3 is 2.47 bits per heavy atom. The van der Waals surface area contributed by atoms with Gasteiger partial charge in [-0.2, -0.15) is 11.8 Å². The SMILES string of the molecule is CCSCCC(C)NC(=O)N(C)C(C)C(=O)O. The number of amides is 2. The first-order chi connectivity index (χ1) is 7.90. The number of hydrogen-bond donors (Lipinski definition) is 2. The lowest BCUT2D eigenvalue weighted by atomic mass is 10.2. The number of rotatable bonds is 7. The van der Waals surface area contributed by atoms with Crippen LogP contribution in [0.15, 0.2) is 0 Å². The van der Waals surface area contributed by atoms with Gasteiger partial charge >= 0.3 is 12.0 Å². The van der Waals surface area contributed by atoms with Crippen LogP contribution in [0.3, 0.4) is 0 Å². The Morgan fingerprint density at radius 1 is 1.41 bits per heavy atom. The van der Waals surface area contributed by atoms with E-state index in [1.807, 2.05) is 18.7 Å². The molecule has 0 aromatic heterocycles. The number of aliphatic carboxylic acids is 1. The summed E-state index contributed by atoms with van der Waals surface area (Å²) in [7, 11) is 1.49. The second-order valence-corrected chi connectivity index (χ2v) is 5.36. The lowest BCUT2D eigenvalue weighted by Crippen LogP contribution is -2.48. The van der Waals surface area contributed by atoms with E-state index in [2.05, 4.69) is 12.2 Å². The van der Waals surface area contributed by atoms with Crippen molar-refractivity contribution in [2.24, 2.45) is 0 Å². The minimum atomic E-state index is -1.00. The summed E-state index contributed by atoms with van der Waals surface area (Å²) in [6, 6.07) is -1.09. The highest BCUT2D eigenvalue weighted by atomic mass is 32.2. The average Bonchev–Trinajstić information content (AvgIpc) is 2.27. The number of carboxylic acids is 1. The van der Waals surface area contributed by atoms with Crippen molar-refractivity contribution in [1.29, 1.82) is 0 Å². The van der Waals surface area contributed by atoms with E-state index >= 15 is 0 Å². The van der Waals surface area contributed by atoms with Gasteiger partial charge in [0.1, 0.15) is 6.04 Å². The summed E-state index contributed by atoms with van der Waals surface area (Å²) >= 11 is 1.82. The van der Waals surface area contributed by atoms with E-state index in [0.29, 0.717) is 0 Å². The van der Waals surface area contributed by atoms with Crippen molar-refractivity contribution in [3.8, 4) is 0 Å². The van der Waals surface area contributed by atoms with Crippen molar-refractivity contribution in [3.05, 3.63) is 0 Å². The zero-order chi connectivity index (χ0) is 13.4. The lowest BCUT2D eigenvalue weighted by Gasteiger charge is -2.24. The van der Waals surface area contributed by atoms with Crippen molar-refractivity contribution in [1.82, 2.24) is 10.2 Å². The van der Waals surface area contributed by atoms with Crippen LogP contribution in [0.25, 0.3) is 0 Å². The fourth-order valence-corrected chi connectivity index (χ4v) is 1.94. The first-order valence-corrected chi connectivity index (χ1v) is 6.89. The molecule has 0 bridgehead atoms. The lowest BCUT2D eigenvalue weighted by molar-refractivity contribution is -0.141. The fraction of sp³-hybridized carbons (Fsp3) is 0.818. The van der Waals surface area contributed by atoms with Gasteiger partial charge in [0.25, 0.3) is 0 Å². The number of carbonyl (C=O) groups is 2. The molecule has 0 aliphatic heterocycles. The monoisotopic (exact) mass is 262 g/mol. The molecule has 2 amide bonds. The molecule has 0 aromatic carbocycles. The van der Waals surface area contributed by atoms with Crippen LogP contribution in [0.4, 0.5) is 4.79 Å². The maximum absolute atomic E-state index is 11.7. The predicted molar refractivity (Wildman–Crippen MR) is 70.5 cm³/mol. The Balaban J connectivity index is 4.02. The molecule has 0 aliphatic rings. The Hall–Kier alpha value is -0.910. The normalized spacial score (nSPS) is 13.9. The second-order valence-electron chi connectivity index (χ2n) is 3.96. The van der Waals surface area contributed by atoms with Crippen molar-refractivity contribution >= 4 is 23.8 Å². The Bertz CT molecular complexity index is 261. The summed E-state index contributed by atoms with van der Waals surface area (Å²) in [5, 5.41) is 11.6. The van der Waals surface area contributed by atoms with Crippen molar-refractivity contribution in [2.75, 3.05) is 18.6 Å². The summed E-state index contributed by atoms with van der Waals surface area (Å²) in [6.07, 6.45) is 0.888. The van der Waals surface area contributed by atoms with Crippen LogP contribution >= 0.6 is 11.8 Å². The number of hydrogen-bond acceptors (Lipinski definition) is 3. The smallest absolute Gasteiger partial charge is 0.326 e. The third kappa shape index (κ3) is 6.41. The molecule has 0 radical (unpaired) electrons. The molecule has 0 saturated heterocycles. The molecule has 17 heavy (non-hydrogen) atoms. The highest BCUT2D eigenvalue weighted by Gasteiger charge is 2.22. The van der Waals surface area contributed by atoms with Crippen LogP contribution in [0.5, 0.6) is 0 Å². The van der Waals surface area contributed by atoms with E-state index in [9.17, 15) is 9.59 Å². The molecule has 0 spiro atoms. The molecular formula is C11H22N2O3S. The Kier molecular flexibility index (Phi) is 7.78. The Labute approximate surface area is 107 Å². The summed E-state index contributed by atoms with van der Waals surface area (Å²) in [6.45, 7) is 5.50. The quantitative estimate of drug-likeness (QED) is 0.684. The molecular weight excluding hydrogens is 240 g/mol. The van der Waals surface area contributed by atoms with Gasteiger partial charge in [-0.15, -0.1) is 0 Å². The van der Waals surface area contributed by atoms with E-state index in [1.165, 1.54) is 18.9 Å². The molecule has 0 aliphatic carbocycles. The highest BCUT2D eigenvalue weighted by molar-refractivity contribution is 7.99. The third-order valence-corrected chi connectivity index (χ3v) is 3.46. The van der Waals surface area contributed by atoms with Gasteiger partial charge in [0.2, 0.25) is 0 Å². The van der Waals surface area contributed by atoms with Gasteiger partial charge in [-0.25, -0.2) is 9.59 Å². The molecule has 2 atom stereocenters. The number of nitrogens with zero attached hydrogens (tertiary/aromatic N) is 1. The van der Waals surface area contributed by atoms with E-state index in [4.69, 9.17) is 5.11 Å². The maximum atomic E-state index is 11.7. The van der Waals surface area contributed by atoms with E-state index in [-0.39, 0.29) is 12.1 Å². The summed E-state index contributed by atoms with van der Waals surface area (Å²) in [4.78, 5) is 23.6. The molecule has 0 rings (SSSR count). The van der Waals surface area contributed by atoms with Gasteiger partial charge < -0.3 is 15.3 Å². The zero-order valence-corrected chi connectivity index (χ0v) is 11.7. The fourth-order valence-electron chi connectivity index (χ4n) is 1.13. The molecule has 5 nitrogen and oxygen atoms in total. The second kappa shape index (κ2) is 8.22. The van der Waals surface area contributed by atoms with Crippen LogP contribution in [-0.4, -0.2) is 52.6 Å². The van der Waals surface area contributed by atoms with E-state index < -0.39 is 12.0 Å². The van der Waals surface area contributed by atoms with Crippen LogP contribution in [0, 0.1) is 0 Å². The minimum absolute atomic E-state index is 0.0602. The van der Waals surface area contributed by atoms with Crippen molar-refractivity contribution in [2.45, 2.75) is 39.3 Å². The molecule has 0 heterocycles. The molecule has 100 valence electrons. The largest absolute Gasteiger partial charge is 0.480 e. The molecule has 2 N–H and O–H groups in total. The standard InChI is InChI=1S/C11H22N2O3S/c1-5-17-7-6-8(2)12-11(16)13(4)9(3)10(14)15/h8-9H,5-7H2,1-4H3,(H,12,16)(H,14,15). The maximum Gasteiger partial charge on any atom is 0.326 e. The van der Waals surface area contributed by atoms with Crippen LogP contribution in [0.2, 0.25) is 0 Å². The van der Waals surface area contributed by atoms with Crippen LogP contribution in [-0.2, 0) is 4.79 Å². The van der Waals surface area contributed by atoms with Gasteiger partial charge in [0.05, 0.1) is 0 Å². The first kappa shape index (κ1) is 16.1. The van der Waals surface area contributed by atoms with E-state index in [0.717, 1.165) is 17.9 Å². The zero-order valence-electron chi connectivity index (χ0n) is 10.9. The van der Waals surface area contributed by atoms with Crippen molar-refractivity contribution in [3.63, 3.8) is 0 Å². The van der Waals surface area contributed by atoms with Crippen LogP contribution < -0.4 is 5.32 Å². The van der Waals surface area contributed by atoms with Crippen LogP contribution in [0.1, 0.15) is 27.2 Å². The van der Waals surface area contributed by atoms with Gasteiger partial charge in [0, 0.05) is 13.1 Å². The first-order valence-electron chi connectivity index (χ1n) is 5.74. The third-order valence-electron chi connectivity index (χ3n) is 2.53. The summed E-state index contributed by atoms with van der Waals surface area (Å²) in [5.74, 6) is 1.06. The molecule has 0 fully saturated rings. The molecule has 2 unspecified atom stereocenters. The van der Waals surface area contributed by atoms with Gasteiger partial charge in [-0.05, 0) is 31.8 Å². The van der Waals surface area contributed by atoms with Gasteiger partial charge in [-0.3, -0.25) is 0 Å². The van der Waals surface area contributed by atoms with Gasteiger partial charge in [-0.1, -0.05) is 6.92 Å². The van der Waals surface area contributed by atoms with Crippen molar-refractivity contribution < 1.29 is 14.7 Å². The van der Waals surface area contributed by atoms with Gasteiger partial charge in [0.15, 0.2) is 0 Å². The number of nitrogens with one attached hydrogen (secondary N) is 1. The topological polar surface area (TPSA) is 69.6 Å².